The lowest BCUT2D eigenvalue weighted by Crippen LogP contribution is -2.34. The molecule has 0 saturated carbocycles. The molecular weight excluding hydrogens is 317 g/mol. The van der Waals surface area contributed by atoms with Gasteiger partial charge < -0.3 is 20.3 Å². The molecule has 2 unspecified atom stereocenters. The van der Waals surface area contributed by atoms with Crippen molar-refractivity contribution in [3.8, 4) is 0 Å². The van der Waals surface area contributed by atoms with Crippen LogP contribution in [-0.2, 0) is 4.74 Å². The van der Waals surface area contributed by atoms with Crippen molar-refractivity contribution in [2.45, 2.75) is 51.9 Å². The summed E-state index contributed by atoms with van der Waals surface area (Å²) in [5, 5.41) is 22.7. The number of benzene rings is 1. The minimum Gasteiger partial charge on any atom is -0.444 e. The van der Waals surface area contributed by atoms with Crippen LogP contribution in [0.5, 0.6) is 0 Å². The Labute approximate surface area is 140 Å². The number of aliphatic hydroxyl groups is 2. The highest BCUT2D eigenvalue weighted by Gasteiger charge is 2.23. The summed E-state index contributed by atoms with van der Waals surface area (Å²) in [6.45, 7) is 6.51. The van der Waals surface area contributed by atoms with E-state index in [9.17, 15) is 24.2 Å². The lowest BCUT2D eigenvalue weighted by atomic mass is 9.95. The summed E-state index contributed by atoms with van der Waals surface area (Å²) >= 11 is 0. The highest BCUT2D eigenvalue weighted by Crippen LogP contribution is 2.24. The number of halogens is 1. The van der Waals surface area contributed by atoms with Gasteiger partial charge in [0.1, 0.15) is 17.5 Å². The van der Waals surface area contributed by atoms with Gasteiger partial charge in [-0.05, 0) is 57.9 Å². The Kier molecular flexibility index (Phi) is 6.86. The van der Waals surface area contributed by atoms with Crippen LogP contribution in [0.3, 0.4) is 0 Å². The average molecular weight is 341 g/mol. The molecule has 0 spiro atoms. The van der Waals surface area contributed by atoms with Crippen LogP contribution in [0.15, 0.2) is 18.2 Å². The minimum atomic E-state index is -1.44. The number of nitrogens with one attached hydrogen (secondary N) is 1. The number of Topliss-reactive ketones (excluding diaryl/α,β-unsaturated/α-hetero) is 1. The van der Waals surface area contributed by atoms with E-state index in [0.717, 1.165) is 12.1 Å². The summed E-state index contributed by atoms with van der Waals surface area (Å²) in [7, 11) is 0. The van der Waals surface area contributed by atoms with Crippen LogP contribution in [0.1, 0.15) is 56.1 Å². The van der Waals surface area contributed by atoms with Crippen molar-refractivity contribution in [3.63, 3.8) is 0 Å². The second-order valence-electron chi connectivity index (χ2n) is 6.52. The second kappa shape index (κ2) is 8.21. The van der Waals surface area contributed by atoms with Gasteiger partial charge in [-0.2, -0.15) is 0 Å². The molecule has 3 N–H and O–H groups in total. The van der Waals surface area contributed by atoms with E-state index in [-0.39, 0.29) is 29.9 Å². The molecule has 134 valence electrons. The van der Waals surface area contributed by atoms with E-state index in [1.165, 1.54) is 13.0 Å². The molecule has 2 atom stereocenters. The van der Waals surface area contributed by atoms with Crippen LogP contribution >= 0.6 is 0 Å². The largest absolute Gasteiger partial charge is 0.444 e. The fraction of sp³-hybridized carbons (Fsp3) is 0.529. The molecule has 0 saturated heterocycles. The average Bonchev–Trinajstić information content (AvgIpc) is 2.43. The van der Waals surface area contributed by atoms with E-state index < -0.39 is 29.7 Å². The summed E-state index contributed by atoms with van der Waals surface area (Å²) in [5.41, 5.74) is -0.476. The molecule has 6 nitrogen and oxygen atoms in total. The Hall–Kier alpha value is -1.99. The molecule has 1 amide bonds. The van der Waals surface area contributed by atoms with Crippen molar-refractivity contribution in [1.82, 2.24) is 5.32 Å². The molecular formula is C17H24FNO5. The van der Waals surface area contributed by atoms with Gasteiger partial charge in [-0.25, -0.2) is 9.18 Å². The molecule has 0 bridgehead atoms. The number of alkyl carbamates (subject to hydrolysis) is 1. The molecule has 0 aliphatic heterocycles. The number of carbonyl (C=O) groups is 2. The third-order valence-corrected chi connectivity index (χ3v) is 3.18. The Morgan fingerprint density at radius 1 is 1.29 bits per heavy atom. The normalized spacial score (nSPS) is 14.0. The van der Waals surface area contributed by atoms with Crippen molar-refractivity contribution < 1.29 is 28.9 Å². The quantitative estimate of drug-likeness (QED) is 0.690. The Balaban J connectivity index is 2.66. The number of hydrogen-bond acceptors (Lipinski definition) is 5. The van der Waals surface area contributed by atoms with Crippen LogP contribution in [0.4, 0.5) is 9.18 Å². The Morgan fingerprint density at radius 3 is 2.46 bits per heavy atom. The van der Waals surface area contributed by atoms with Crippen LogP contribution in [0.25, 0.3) is 0 Å². The number of ether oxygens (including phenoxy) is 1. The minimum absolute atomic E-state index is 0.00820. The number of carbonyl (C=O) groups excluding carboxylic acids is 2. The molecule has 1 rings (SSSR count). The summed E-state index contributed by atoms with van der Waals surface area (Å²) < 4.78 is 18.4. The maximum absolute atomic E-state index is 13.4. The standard InChI is InChI=1S/C17H24FNO5/c1-10(20)12-6-5-11(18)9-13(12)15(22)14(21)7-8-19-16(23)24-17(2,3)4/h5-6,9,14-15,21-22H,7-8H2,1-4H3,(H,19,23). The van der Waals surface area contributed by atoms with Crippen molar-refractivity contribution in [2.75, 3.05) is 6.54 Å². The number of rotatable bonds is 6. The monoisotopic (exact) mass is 341 g/mol. The van der Waals surface area contributed by atoms with Gasteiger partial charge in [0.15, 0.2) is 5.78 Å². The molecule has 0 aromatic heterocycles. The summed E-state index contributed by atoms with van der Waals surface area (Å²) in [5.74, 6) is -0.962. The zero-order chi connectivity index (χ0) is 18.5. The van der Waals surface area contributed by atoms with Crippen molar-refractivity contribution in [3.05, 3.63) is 35.1 Å². The Morgan fingerprint density at radius 2 is 1.92 bits per heavy atom. The predicted octanol–water partition coefficient (Wildman–Crippen LogP) is 2.34. The van der Waals surface area contributed by atoms with Gasteiger partial charge in [-0.15, -0.1) is 0 Å². The first kappa shape index (κ1) is 20.1. The van der Waals surface area contributed by atoms with E-state index in [4.69, 9.17) is 4.74 Å². The first-order valence-electron chi connectivity index (χ1n) is 7.64. The molecule has 24 heavy (non-hydrogen) atoms. The van der Waals surface area contributed by atoms with Gasteiger partial charge >= 0.3 is 6.09 Å². The maximum Gasteiger partial charge on any atom is 0.407 e. The summed E-state index contributed by atoms with van der Waals surface area (Å²) in [6.07, 6.45) is -3.35. The van der Waals surface area contributed by atoms with Gasteiger partial charge in [0.05, 0.1) is 6.10 Å². The number of hydrogen-bond donors (Lipinski definition) is 3. The van der Waals surface area contributed by atoms with Gasteiger partial charge in [-0.3, -0.25) is 4.79 Å². The molecule has 7 heteroatoms. The SMILES string of the molecule is CC(=O)c1ccc(F)cc1C(O)C(O)CCNC(=O)OC(C)(C)C. The van der Waals surface area contributed by atoms with E-state index in [1.807, 2.05) is 0 Å². The third-order valence-electron chi connectivity index (χ3n) is 3.18. The zero-order valence-electron chi connectivity index (χ0n) is 14.3. The zero-order valence-corrected chi connectivity index (χ0v) is 14.3. The van der Waals surface area contributed by atoms with Gasteiger partial charge in [-0.1, -0.05) is 0 Å². The molecule has 0 aliphatic carbocycles. The number of amides is 1. The first-order chi connectivity index (χ1) is 11.0. The maximum atomic E-state index is 13.4. The second-order valence-corrected chi connectivity index (χ2v) is 6.52. The molecule has 1 aromatic rings. The first-order valence-corrected chi connectivity index (χ1v) is 7.64. The van der Waals surface area contributed by atoms with Crippen LogP contribution in [0, 0.1) is 5.82 Å². The summed E-state index contributed by atoms with van der Waals surface area (Å²) in [6, 6.07) is 3.40. The van der Waals surface area contributed by atoms with E-state index in [2.05, 4.69) is 5.32 Å². The van der Waals surface area contributed by atoms with Crippen molar-refractivity contribution in [2.24, 2.45) is 0 Å². The predicted molar refractivity (Wildman–Crippen MR) is 86.2 cm³/mol. The van der Waals surface area contributed by atoms with Gasteiger partial charge in [0.2, 0.25) is 0 Å². The molecule has 0 aliphatic rings. The van der Waals surface area contributed by atoms with Crippen LogP contribution in [-0.4, -0.2) is 40.3 Å². The summed E-state index contributed by atoms with van der Waals surface area (Å²) in [4.78, 5) is 23.0. The number of aliphatic hydroxyl groups excluding tert-OH is 2. The lowest BCUT2D eigenvalue weighted by Gasteiger charge is -2.22. The van der Waals surface area contributed by atoms with Gasteiger partial charge in [0, 0.05) is 12.1 Å². The molecule has 0 fully saturated rings. The smallest absolute Gasteiger partial charge is 0.407 e. The third kappa shape index (κ3) is 6.25. The van der Waals surface area contributed by atoms with Crippen LogP contribution in [0.2, 0.25) is 0 Å². The fourth-order valence-corrected chi connectivity index (χ4v) is 2.10. The number of ketones is 1. The Bertz CT molecular complexity index is 597. The highest BCUT2D eigenvalue weighted by atomic mass is 19.1. The lowest BCUT2D eigenvalue weighted by molar-refractivity contribution is 0.0118. The van der Waals surface area contributed by atoms with Crippen molar-refractivity contribution in [1.29, 1.82) is 0 Å². The van der Waals surface area contributed by atoms with E-state index >= 15 is 0 Å². The van der Waals surface area contributed by atoms with E-state index in [0.29, 0.717) is 0 Å². The molecule has 0 radical (unpaired) electrons. The van der Waals surface area contributed by atoms with E-state index in [1.54, 1.807) is 20.8 Å². The molecule has 0 heterocycles. The van der Waals surface area contributed by atoms with Gasteiger partial charge in [0.25, 0.3) is 0 Å². The highest BCUT2D eigenvalue weighted by molar-refractivity contribution is 5.95. The van der Waals surface area contributed by atoms with Crippen LogP contribution < -0.4 is 5.32 Å². The van der Waals surface area contributed by atoms with Crippen molar-refractivity contribution >= 4 is 11.9 Å². The topological polar surface area (TPSA) is 95.9 Å². The fourth-order valence-electron chi connectivity index (χ4n) is 2.10. The molecule has 1 aromatic carbocycles.